The van der Waals surface area contributed by atoms with Crippen molar-refractivity contribution < 1.29 is 23.0 Å². The summed E-state index contributed by atoms with van der Waals surface area (Å²) in [7, 11) is 0. The molecule has 1 unspecified atom stereocenters. The molecule has 1 amide bonds. The van der Waals surface area contributed by atoms with Gasteiger partial charge in [0.1, 0.15) is 0 Å². The molecule has 1 atom stereocenters. The van der Waals surface area contributed by atoms with Crippen LogP contribution in [0.1, 0.15) is 18.4 Å². The summed E-state index contributed by atoms with van der Waals surface area (Å²) in [6, 6.07) is 9.43. The molecule has 0 spiro atoms. The minimum atomic E-state index is -0.640. The molecule has 3 rings (SSSR count). The van der Waals surface area contributed by atoms with E-state index >= 15 is 0 Å². The number of nitrogens with one attached hydrogen (secondary N) is 1. The van der Waals surface area contributed by atoms with Crippen LogP contribution in [-0.2, 0) is 16.1 Å². The number of halogens is 3. The normalized spacial score (nSPS) is 15.4. The summed E-state index contributed by atoms with van der Waals surface area (Å²) in [5, 5.41) is 2.73. The molecule has 8 heteroatoms. The van der Waals surface area contributed by atoms with Gasteiger partial charge in [0.05, 0.1) is 6.04 Å². The molecule has 0 bridgehead atoms. The second-order valence-corrected chi connectivity index (χ2v) is 6.49. The molecule has 5 nitrogen and oxygen atoms in total. The van der Waals surface area contributed by atoms with Crippen molar-refractivity contribution in [3.05, 3.63) is 59.7 Å². The van der Waals surface area contributed by atoms with Crippen molar-refractivity contribution in [2.45, 2.75) is 25.4 Å². The number of hydrogen-bond donors (Lipinski definition) is 2. The Bertz CT molecular complexity index is 801. The van der Waals surface area contributed by atoms with E-state index in [1.165, 1.54) is 30.3 Å². The Kier molecular flexibility index (Phi) is 8.17. The molecule has 1 aliphatic rings. The van der Waals surface area contributed by atoms with Gasteiger partial charge in [-0.3, -0.25) is 4.79 Å². The van der Waals surface area contributed by atoms with E-state index in [2.05, 4.69) is 5.32 Å². The number of ether oxygens (including phenoxy) is 2. The van der Waals surface area contributed by atoms with Gasteiger partial charge >= 0.3 is 0 Å². The van der Waals surface area contributed by atoms with E-state index in [1.54, 1.807) is 12.1 Å². The first kappa shape index (κ1) is 22.1. The topological polar surface area (TPSA) is 73.6 Å². The Morgan fingerprint density at radius 1 is 1.14 bits per heavy atom. The fourth-order valence-corrected chi connectivity index (χ4v) is 2.98. The van der Waals surface area contributed by atoms with Crippen LogP contribution in [0.15, 0.2) is 42.5 Å². The highest BCUT2D eigenvalue weighted by Gasteiger charge is 2.26. The monoisotopic (exact) mass is 412 g/mol. The lowest BCUT2D eigenvalue weighted by Gasteiger charge is -2.26. The molecule has 1 saturated heterocycles. The smallest absolute Gasteiger partial charge is 0.237 e. The molecule has 1 fully saturated rings. The Morgan fingerprint density at radius 2 is 1.82 bits per heavy atom. The predicted molar refractivity (Wildman–Crippen MR) is 103 cm³/mol. The van der Waals surface area contributed by atoms with Gasteiger partial charge < -0.3 is 20.5 Å². The van der Waals surface area contributed by atoms with E-state index in [9.17, 15) is 13.6 Å². The largest absolute Gasteiger partial charge is 0.451 e. The molecule has 3 N–H and O–H groups in total. The van der Waals surface area contributed by atoms with Gasteiger partial charge in [0, 0.05) is 19.8 Å². The fourth-order valence-electron chi connectivity index (χ4n) is 2.98. The zero-order valence-corrected chi connectivity index (χ0v) is 16.0. The number of benzene rings is 2. The van der Waals surface area contributed by atoms with Crippen molar-refractivity contribution in [3.63, 3.8) is 0 Å². The van der Waals surface area contributed by atoms with Gasteiger partial charge in [-0.05, 0) is 48.6 Å². The first-order valence-electron chi connectivity index (χ1n) is 8.86. The summed E-state index contributed by atoms with van der Waals surface area (Å²) in [4.78, 5) is 12.2. The average Bonchev–Trinajstić information content (AvgIpc) is 2.69. The molecule has 2 aromatic rings. The standard InChI is InChI=1S/C20H22F2N2O3.ClH/c21-15-3-1-2-4-17(15)27-18-6-5-13(11-16(18)22)12-24-20(25)19(23)14-7-9-26-10-8-14;/h1-6,11,14,19H,7-10,12,23H2,(H,24,25);1H. The van der Waals surface area contributed by atoms with Gasteiger partial charge in [-0.1, -0.05) is 18.2 Å². The van der Waals surface area contributed by atoms with Gasteiger partial charge in [-0.2, -0.15) is 0 Å². The van der Waals surface area contributed by atoms with Crippen molar-refractivity contribution in [2.24, 2.45) is 11.7 Å². The fraction of sp³-hybridized carbons (Fsp3) is 0.350. The summed E-state index contributed by atoms with van der Waals surface area (Å²) < 4.78 is 38.4. The summed E-state index contributed by atoms with van der Waals surface area (Å²) in [5.74, 6) is -1.54. The zero-order chi connectivity index (χ0) is 19.2. The lowest BCUT2D eigenvalue weighted by Crippen LogP contribution is -2.46. The maximum Gasteiger partial charge on any atom is 0.237 e. The van der Waals surface area contributed by atoms with E-state index in [0.29, 0.717) is 18.8 Å². The Balaban J connectivity index is 0.00000280. The first-order chi connectivity index (χ1) is 13.0. The molecule has 1 aliphatic heterocycles. The van der Waals surface area contributed by atoms with E-state index in [4.69, 9.17) is 15.2 Å². The van der Waals surface area contributed by atoms with Crippen LogP contribution < -0.4 is 15.8 Å². The van der Waals surface area contributed by atoms with E-state index in [-0.39, 0.29) is 42.3 Å². The number of carbonyl (C=O) groups excluding carboxylic acids is 1. The number of hydrogen-bond acceptors (Lipinski definition) is 4. The third-order valence-electron chi connectivity index (χ3n) is 4.60. The first-order valence-corrected chi connectivity index (χ1v) is 8.86. The van der Waals surface area contributed by atoms with E-state index in [0.717, 1.165) is 12.8 Å². The number of rotatable bonds is 6. The minimum Gasteiger partial charge on any atom is -0.451 e. The lowest BCUT2D eigenvalue weighted by molar-refractivity contribution is -0.124. The zero-order valence-electron chi connectivity index (χ0n) is 15.2. The highest BCUT2D eigenvalue weighted by Crippen LogP contribution is 2.27. The molecule has 0 aliphatic carbocycles. The summed E-state index contributed by atoms with van der Waals surface area (Å²) in [6.45, 7) is 1.37. The second-order valence-electron chi connectivity index (χ2n) is 6.49. The van der Waals surface area contributed by atoms with Gasteiger partial charge in [0.2, 0.25) is 5.91 Å². The van der Waals surface area contributed by atoms with Crippen LogP contribution in [0.5, 0.6) is 11.5 Å². The Hall–Kier alpha value is -2.22. The third-order valence-corrected chi connectivity index (χ3v) is 4.60. The van der Waals surface area contributed by atoms with Crippen LogP contribution in [0.2, 0.25) is 0 Å². The van der Waals surface area contributed by atoms with Gasteiger partial charge in [0.15, 0.2) is 23.1 Å². The molecule has 0 radical (unpaired) electrons. The maximum atomic E-state index is 14.2. The average molecular weight is 413 g/mol. The highest BCUT2D eigenvalue weighted by atomic mass is 35.5. The third kappa shape index (κ3) is 5.64. The number of nitrogens with two attached hydrogens (primary N) is 1. The molecule has 28 heavy (non-hydrogen) atoms. The molecular weight excluding hydrogens is 390 g/mol. The van der Waals surface area contributed by atoms with E-state index in [1.807, 2.05) is 0 Å². The summed E-state index contributed by atoms with van der Waals surface area (Å²) in [5.41, 5.74) is 6.57. The van der Waals surface area contributed by atoms with Crippen LogP contribution in [-0.4, -0.2) is 25.2 Å². The highest BCUT2D eigenvalue weighted by molar-refractivity contribution is 5.85. The van der Waals surface area contributed by atoms with Crippen molar-refractivity contribution in [2.75, 3.05) is 13.2 Å². The van der Waals surface area contributed by atoms with Crippen molar-refractivity contribution in [1.29, 1.82) is 0 Å². The van der Waals surface area contributed by atoms with Gasteiger partial charge in [-0.15, -0.1) is 12.4 Å². The maximum absolute atomic E-state index is 14.2. The van der Waals surface area contributed by atoms with Crippen LogP contribution in [0.25, 0.3) is 0 Å². The lowest BCUT2D eigenvalue weighted by atomic mass is 9.92. The van der Waals surface area contributed by atoms with E-state index < -0.39 is 17.7 Å². The molecule has 0 aromatic heterocycles. The van der Waals surface area contributed by atoms with Crippen LogP contribution in [0.3, 0.4) is 0 Å². The van der Waals surface area contributed by atoms with Crippen LogP contribution >= 0.6 is 12.4 Å². The molecule has 1 heterocycles. The number of para-hydroxylation sites is 1. The SMILES string of the molecule is Cl.NC(C(=O)NCc1ccc(Oc2ccccc2F)c(F)c1)C1CCOCC1. The number of amides is 1. The molecule has 2 aromatic carbocycles. The minimum absolute atomic E-state index is 0. The van der Waals surface area contributed by atoms with Crippen molar-refractivity contribution in [3.8, 4) is 11.5 Å². The predicted octanol–water partition coefficient (Wildman–Crippen LogP) is 3.55. The van der Waals surface area contributed by atoms with Crippen LogP contribution in [0, 0.1) is 17.6 Å². The van der Waals surface area contributed by atoms with Crippen molar-refractivity contribution in [1.82, 2.24) is 5.32 Å². The van der Waals surface area contributed by atoms with Gasteiger partial charge in [-0.25, -0.2) is 8.78 Å². The quantitative estimate of drug-likeness (QED) is 0.761. The number of carbonyl (C=O) groups is 1. The van der Waals surface area contributed by atoms with Crippen LogP contribution in [0.4, 0.5) is 8.78 Å². The Morgan fingerprint density at radius 3 is 2.50 bits per heavy atom. The Labute approximate surface area is 168 Å². The van der Waals surface area contributed by atoms with Crippen molar-refractivity contribution >= 4 is 18.3 Å². The summed E-state index contributed by atoms with van der Waals surface area (Å²) in [6.07, 6.45) is 1.51. The molecule has 152 valence electrons. The summed E-state index contributed by atoms with van der Waals surface area (Å²) >= 11 is 0. The molecule has 0 saturated carbocycles. The second kappa shape index (κ2) is 10.4. The molecular formula is C20H23ClF2N2O3. The van der Waals surface area contributed by atoms with Gasteiger partial charge in [0.25, 0.3) is 0 Å².